The smallest absolute Gasteiger partial charge is 0.237 e. The van der Waals surface area contributed by atoms with E-state index in [1.807, 2.05) is 26.0 Å². The van der Waals surface area contributed by atoms with Crippen molar-refractivity contribution in [1.82, 2.24) is 10.0 Å². The molecule has 0 saturated heterocycles. The van der Waals surface area contributed by atoms with E-state index in [-0.39, 0.29) is 30.2 Å². The van der Waals surface area contributed by atoms with Gasteiger partial charge >= 0.3 is 0 Å². The van der Waals surface area contributed by atoms with Gasteiger partial charge in [0, 0.05) is 12.6 Å². The summed E-state index contributed by atoms with van der Waals surface area (Å²) in [6, 6.07) is 6.47. The number of rotatable bonds is 9. The van der Waals surface area contributed by atoms with E-state index in [9.17, 15) is 13.2 Å². The summed E-state index contributed by atoms with van der Waals surface area (Å²) in [6.45, 7) is 7.73. The largest absolute Gasteiger partial charge is 0.351 e. The van der Waals surface area contributed by atoms with Crippen LogP contribution in [0.25, 0.3) is 0 Å². The summed E-state index contributed by atoms with van der Waals surface area (Å²) >= 11 is 0. The van der Waals surface area contributed by atoms with E-state index in [2.05, 4.69) is 10.0 Å². The number of benzene rings is 1. The van der Waals surface area contributed by atoms with Crippen molar-refractivity contribution in [2.24, 2.45) is 11.7 Å². The van der Waals surface area contributed by atoms with Crippen LogP contribution in [0.15, 0.2) is 24.3 Å². The molecule has 0 heterocycles. The standard InChI is InChI=1S/C17H29N3O3S/c1-5-13(4)16(18)17(21)19-10-14-8-6-7-9-15(14)11-24(22,23)20-12(2)3/h6-9,12-13,16,20H,5,10-11,18H2,1-4H3,(H,19,21). The highest BCUT2D eigenvalue weighted by molar-refractivity contribution is 7.88. The second kappa shape index (κ2) is 9.15. The van der Waals surface area contributed by atoms with Crippen LogP contribution in [-0.2, 0) is 27.1 Å². The molecule has 0 aliphatic heterocycles. The Morgan fingerprint density at radius 3 is 2.29 bits per heavy atom. The van der Waals surface area contributed by atoms with E-state index >= 15 is 0 Å². The minimum atomic E-state index is -3.42. The van der Waals surface area contributed by atoms with Gasteiger partial charge in [-0.3, -0.25) is 4.79 Å². The molecule has 1 aromatic rings. The normalized spacial score (nSPS) is 14.4. The van der Waals surface area contributed by atoms with Crippen molar-refractivity contribution in [1.29, 1.82) is 0 Å². The third kappa shape index (κ3) is 6.59. The van der Waals surface area contributed by atoms with Crippen molar-refractivity contribution in [2.45, 2.75) is 58.5 Å². The highest BCUT2D eigenvalue weighted by Gasteiger charge is 2.20. The zero-order chi connectivity index (χ0) is 18.3. The van der Waals surface area contributed by atoms with Crippen molar-refractivity contribution >= 4 is 15.9 Å². The molecule has 1 aromatic carbocycles. The SMILES string of the molecule is CCC(C)C(N)C(=O)NCc1ccccc1CS(=O)(=O)NC(C)C. The molecule has 0 bridgehead atoms. The summed E-state index contributed by atoms with van der Waals surface area (Å²) in [4.78, 5) is 12.1. The van der Waals surface area contributed by atoms with Crippen LogP contribution in [0.1, 0.15) is 45.2 Å². The zero-order valence-corrected chi connectivity index (χ0v) is 15.7. The molecule has 0 saturated carbocycles. The molecule has 1 amide bonds. The summed E-state index contributed by atoms with van der Waals surface area (Å²) in [5.74, 6) is -0.243. The Balaban J connectivity index is 2.79. The highest BCUT2D eigenvalue weighted by Crippen LogP contribution is 2.13. The van der Waals surface area contributed by atoms with Crippen LogP contribution in [-0.4, -0.2) is 26.4 Å². The molecular weight excluding hydrogens is 326 g/mol. The predicted octanol–water partition coefficient (Wildman–Crippen LogP) is 1.50. The summed E-state index contributed by atoms with van der Waals surface area (Å²) in [5, 5.41) is 2.80. The van der Waals surface area contributed by atoms with Gasteiger partial charge in [0.05, 0.1) is 11.8 Å². The number of hydrogen-bond donors (Lipinski definition) is 3. The van der Waals surface area contributed by atoms with E-state index in [0.717, 1.165) is 12.0 Å². The number of carbonyl (C=O) groups is 1. The molecular formula is C17H29N3O3S. The van der Waals surface area contributed by atoms with Gasteiger partial charge in [-0.15, -0.1) is 0 Å². The van der Waals surface area contributed by atoms with Gasteiger partial charge in [0.15, 0.2) is 0 Å². The van der Waals surface area contributed by atoms with Gasteiger partial charge in [-0.05, 0) is 30.9 Å². The van der Waals surface area contributed by atoms with Gasteiger partial charge in [-0.2, -0.15) is 0 Å². The third-order valence-electron chi connectivity index (χ3n) is 3.89. The lowest BCUT2D eigenvalue weighted by molar-refractivity contribution is -0.123. The van der Waals surface area contributed by atoms with Crippen LogP contribution in [0.2, 0.25) is 0 Å². The Morgan fingerprint density at radius 1 is 1.17 bits per heavy atom. The minimum Gasteiger partial charge on any atom is -0.351 e. The first-order valence-corrected chi connectivity index (χ1v) is 9.91. The van der Waals surface area contributed by atoms with E-state index in [0.29, 0.717) is 5.56 Å². The summed E-state index contributed by atoms with van der Waals surface area (Å²) in [7, 11) is -3.42. The van der Waals surface area contributed by atoms with Crippen LogP contribution in [0.3, 0.4) is 0 Å². The van der Waals surface area contributed by atoms with E-state index in [1.165, 1.54) is 0 Å². The first-order chi connectivity index (χ1) is 11.2. The molecule has 2 atom stereocenters. The summed E-state index contributed by atoms with van der Waals surface area (Å²) < 4.78 is 26.8. The van der Waals surface area contributed by atoms with Gasteiger partial charge in [-0.1, -0.05) is 44.5 Å². The zero-order valence-electron chi connectivity index (χ0n) is 14.9. The number of carbonyl (C=O) groups excluding carboxylic acids is 1. The minimum absolute atomic E-state index is 0.0934. The molecule has 0 spiro atoms. The van der Waals surface area contributed by atoms with E-state index in [4.69, 9.17) is 5.73 Å². The van der Waals surface area contributed by atoms with Crippen molar-refractivity contribution in [2.75, 3.05) is 0 Å². The summed E-state index contributed by atoms with van der Waals surface area (Å²) in [6.07, 6.45) is 0.824. The fourth-order valence-corrected chi connectivity index (χ4v) is 3.78. The molecule has 0 radical (unpaired) electrons. The summed E-state index contributed by atoms with van der Waals surface area (Å²) in [5.41, 5.74) is 7.36. The molecule has 0 aromatic heterocycles. The maximum absolute atomic E-state index is 12.1. The van der Waals surface area contributed by atoms with Crippen LogP contribution in [0.5, 0.6) is 0 Å². The van der Waals surface area contributed by atoms with Gasteiger partial charge in [-0.25, -0.2) is 13.1 Å². The molecule has 7 heteroatoms. The van der Waals surface area contributed by atoms with Crippen molar-refractivity contribution in [3.8, 4) is 0 Å². The van der Waals surface area contributed by atoms with Crippen LogP contribution in [0.4, 0.5) is 0 Å². The molecule has 4 N–H and O–H groups in total. The Labute approximate surface area is 145 Å². The number of nitrogens with two attached hydrogens (primary N) is 1. The molecule has 1 rings (SSSR count). The lowest BCUT2D eigenvalue weighted by Crippen LogP contribution is -2.44. The average Bonchev–Trinajstić information content (AvgIpc) is 2.50. The molecule has 0 aliphatic carbocycles. The van der Waals surface area contributed by atoms with E-state index < -0.39 is 16.1 Å². The Kier molecular flexibility index (Phi) is 7.86. The molecule has 2 unspecified atom stereocenters. The Hall–Kier alpha value is -1.44. The maximum atomic E-state index is 12.1. The predicted molar refractivity (Wildman–Crippen MR) is 96.6 cm³/mol. The number of hydrogen-bond acceptors (Lipinski definition) is 4. The Morgan fingerprint density at radius 2 is 1.75 bits per heavy atom. The average molecular weight is 356 g/mol. The van der Waals surface area contributed by atoms with Crippen molar-refractivity contribution in [3.05, 3.63) is 35.4 Å². The monoisotopic (exact) mass is 355 g/mol. The molecule has 0 aliphatic rings. The van der Waals surface area contributed by atoms with Crippen LogP contribution < -0.4 is 15.8 Å². The van der Waals surface area contributed by atoms with Crippen LogP contribution >= 0.6 is 0 Å². The lowest BCUT2D eigenvalue weighted by Gasteiger charge is -2.18. The fourth-order valence-electron chi connectivity index (χ4n) is 2.29. The Bertz CT molecular complexity index is 644. The van der Waals surface area contributed by atoms with Gasteiger partial charge < -0.3 is 11.1 Å². The highest BCUT2D eigenvalue weighted by atomic mass is 32.2. The van der Waals surface area contributed by atoms with Gasteiger partial charge in [0.25, 0.3) is 0 Å². The first-order valence-electron chi connectivity index (χ1n) is 8.26. The van der Waals surface area contributed by atoms with Gasteiger partial charge in [0.1, 0.15) is 0 Å². The number of sulfonamides is 1. The first kappa shape index (κ1) is 20.6. The number of nitrogens with one attached hydrogen (secondary N) is 2. The van der Waals surface area contributed by atoms with Crippen LogP contribution in [0, 0.1) is 5.92 Å². The van der Waals surface area contributed by atoms with Gasteiger partial charge in [0.2, 0.25) is 15.9 Å². The maximum Gasteiger partial charge on any atom is 0.237 e. The molecule has 136 valence electrons. The van der Waals surface area contributed by atoms with Crippen molar-refractivity contribution in [3.63, 3.8) is 0 Å². The second-order valence-corrected chi connectivity index (χ2v) is 8.18. The molecule has 6 nitrogen and oxygen atoms in total. The fraction of sp³-hybridized carbons (Fsp3) is 0.588. The second-order valence-electron chi connectivity index (χ2n) is 6.43. The molecule has 0 fully saturated rings. The van der Waals surface area contributed by atoms with Crippen molar-refractivity contribution < 1.29 is 13.2 Å². The molecule has 24 heavy (non-hydrogen) atoms. The number of amides is 1. The lowest BCUT2D eigenvalue weighted by atomic mass is 9.99. The quantitative estimate of drug-likeness (QED) is 0.625. The van der Waals surface area contributed by atoms with E-state index in [1.54, 1.807) is 26.0 Å². The third-order valence-corrected chi connectivity index (χ3v) is 5.41. The topological polar surface area (TPSA) is 101 Å².